The third kappa shape index (κ3) is 10.6. The van der Waals surface area contributed by atoms with Crippen LogP contribution in [0.4, 0.5) is 4.79 Å². The number of carbonyl (C=O) groups is 1. The van der Waals surface area contributed by atoms with Gasteiger partial charge in [0.1, 0.15) is 24.1 Å². The van der Waals surface area contributed by atoms with Crippen LogP contribution in [-0.2, 0) is 25.7 Å². The third-order valence-corrected chi connectivity index (χ3v) is 12.0. The molecule has 59 heavy (non-hydrogen) atoms. The summed E-state index contributed by atoms with van der Waals surface area (Å²) in [5.41, 5.74) is 4.43. The molecule has 2 aliphatic carbocycles. The summed E-state index contributed by atoms with van der Waals surface area (Å²) in [5.74, 6) is -0.458. The van der Waals surface area contributed by atoms with Crippen LogP contribution < -0.4 is 9.47 Å². The molecule has 2 fully saturated rings. The minimum absolute atomic E-state index is 0.0822. The zero-order valence-corrected chi connectivity index (χ0v) is 35.1. The molecule has 1 aromatic heterocycles. The molecule has 0 spiro atoms. The molecule has 2 aromatic rings. The van der Waals surface area contributed by atoms with Gasteiger partial charge < -0.3 is 38.7 Å². The number of aliphatic hydroxyl groups excluding tert-OH is 2. The molecule has 3 heterocycles. The van der Waals surface area contributed by atoms with Crippen molar-refractivity contribution in [1.82, 2.24) is 9.88 Å². The van der Waals surface area contributed by atoms with Crippen LogP contribution in [0, 0.1) is 24.7 Å². The van der Waals surface area contributed by atoms with E-state index in [9.17, 15) is 15.0 Å². The van der Waals surface area contributed by atoms with E-state index in [-0.39, 0.29) is 50.6 Å². The summed E-state index contributed by atoms with van der Waals surface area (Å²) in [7, 11) is 0. The molecule has 1 unspecified atom stereocenters. The van der Waals surface area contributed by atoms with Gasteiger partial charge in [-0.3, -0.25) is 9.88 Å². The highest BCUT2D eigenvalue weighted by Crippen LogP contribution is 2.62. The fraction of sp³-hybridized carbons (Fsp3) is 0.596. The number of rotatable bonds is 22. The average Bonchev–Trinajstić information content (AvgIpc) is 3.25. The van der Waals surface area contributed by atoms with Crippen LogP contribution in [-0.4, -0.2) is 89.6 Å². The molecule has 4 aliphatic rings. The first kappa shape index (κ1) is 44.3. The van der Waals surface area contributed by atoms with Gasteiger partial charge in [0, 0.05) is 49.8 Å². The molecule has 0 radical (unpaired) electrons. The Hall–Kier alpha value is -4.23. The van der Waals surface area contributed by atoms with Crippen molar-refractivity contribution in [3.8, 4) is 11.5 Å². The van der Waals surface area contributed by atoms with E-state index < -0.39 is 30.1 Å². The fourth-order valence-corrected chi connectivity index (χ4v) is 9.42. The molecule has 2 N–H and O–H groups in total. The van der Waals surface area contributed by atoms with E-state index in [4.69, 9.17) is 33.7 Å². The van der Waals surface area contributed by atoms with E-state index in [2.05, 4.69) is 30.3 Å². The number of aliphatic hydroxyl groups is 2. The van der Waals surface area contributed by atoms with Gasteiger partial charge in [0.2, 0.25) is 12.1 Å². The molecule has 322 valence electrons. The highest BCUT2D eigenvalue weighted by Gasteiger charge is 2.65. The number of pyridine rings is 1. The highest BCUT2D eigenvalue weighted by atomic mass is 16.8. The zero-order chi connectivity index (χ0) is 41.6. The van der Waals surface area contributed by atoms with Crippen LogP contribution in [0.15, 0.2) is 78.5 Å². The van der Waals surface area contributed by atoms with Gasteiger partial charge in [0.05, 0.1) is 37.1 Å². The maximum absolute atomic E-state index is 14.3. The van der Waals surface area contributed by atoms with Gasteiger partial charge in [-0.1, -0.05) is 49.2 Å². The Balaban J connectivity index is 1.54. The summed E-state index contributed by atoms with van der Waals surface area (Å²) in [4.78, 5) is 26.9. The number of hydrogen-bond donors (Lipinski definition) is 2. The lowest BCUT2D eigenvalue weighted by atomic mass is 9.55. The standard InChI is InChI=1S/C47H65N3O9/c1-5-8-27-55-46(53)50(23-6-2)42-31-40(49-59-43-20-11-14-28-54-43)38-29-34(17-9-12-24-51)37(19-10-13-25-52)44-39-30-36(56-32-35-18-15-16-33(4)48-35)21-22-41(39)58-47(42,45(38)44)57-26-7-3/h5,7,15-16,18,21-22,29-30,34,37,42-45,51-52H,1,3,6,8-14,17,19-20,23-28,31-32H2,2,4H3/t34-,37+,42-,43?,44+,45+,47+/m0/s1. The molecular formula is C47H65N3O9. The van der Waals surface area contributed by atoms with Gasteiger partial charge in [-0.05, 0) is 106 Å². The minimum atomic E-state index is -1.37. The van der Waals surface area contributed by atoms with Crippen LogP contribution >= 0.6 is 0 Å². The van der Waals surface area contributed by atoms with E-state index >= 15 is 0 Å². The number of amides is 1. The Labute approximate surface area is 350 Å². The van der Waals surface area contributed by atoms with Crippen molar-refractivity contribution in [2.45, 2.75) is 122 Å². The highest BCUT2D eigenvalue weighted by molar-refractivity contribution is 6.03. The van der Waals surface area contributed by atoms with Crippen molar-refractivity contribution in [2.24, 2.45) is 22.9 Å². The summed E-state index contributed by atoms with van der Waals surface area (Å²) in [6.45, 7) is 13.8. The van der Waals surface area contributed by atoms with E-state index in [0.717, 1.165) is 73.2 Å². The van der Waals surface area contributed by atoms with Crippen molar-refractivity contribution < 1.29 is 43.5 Å². The van der Waals surface area contributed by atoms with Gasteiger partial charge in [-0.2, -0.15) is 0 Å². The van der Waals surface area contributed by atoms with Gasteiger partial charge >= 0.3 is 6.09 Å². The minimum Gasteiger partial charge on any atom is -0.487 e. The maximum atomic E-state index is 14.3. The Morgan fingerprint density at radius 2 is 1.92 bits per heavy atom. The Bertz CT molecular complexity index is 1760. The lowest BCUT2D eigenvalue weighted by molar-refractivity contribution is -0.255. The van der Waals surface area contributed by atoms with E-state index in [1.54, 1.807) is 17.1 Å². The number of aromatic nitrogens is 1. The first-order valence-corrected chi connectivity index (χ1v) is 21.8. The predicted octanol–water partition coefficient (Wildman–Crippen LogP) is 8.55. The average molecular weight is 816 g/mol. The monoisotopic (exact) mass is 815 g/mol. The summed E-state index contributed by atoms with van der Waals surface area (Å²) in [5, 5.41) is 24.8. The molecule has 2 aliphatic heterocycles. The van der Waals surface area contributed by atoms with E-state index in [1.807, 2.05) is 44.2 Å². The lowest BCUT2D eigenvalue weighted by Gasteiger charge is -2.60. The maximum Gasteiger partial charge on any atom is 0.410 e. The second-order valence-corrected chi connectivity index (χ2v) is 16.1. The van der Waals surface area contributed by atoms with Gasteiger partial charge in [-0.15, -0.1) is 13.2 Å². The van der Waals surface area contributed by atoms with Crippen molar-refractivity contribution in [2.75, 3.05) is 39.6 Å². The molecular weight excluding hydrogens is 751 g/mol. The molecule has 7 atom stereocenters. The fourth-order valence-electron chi connectivity index (χ4n) is 9.42. The third-order valence-electron chi connectivity index (χ3n) is 12.0. The zero-order valence-electron chi connectivity index (χ0n) is 35.1. The van der Waals surface area contributed by atoms with Crippen LogP contribution in [0.1, 0.15) is 107 Å². The number of unbranched alkanes of at least 4 members (excludes halogenated alkanes) is 2. The van der Waals surface area contributed by atoms with Crippen molar-refractivity contribution in [1.29, 1.82) is 0 Å². The van der Waals surface area contributed by atoms with Crippen LogP contribution in [0.3, 0.4) is 0 Å². The molecule has 12 heteroatoms. The smallest absolute Gasteiger partial charge is 0.410 e. The number of oxime groups is 1. The molecule has 1 aromatic carbocycles. The predicted molar refractivity (Wildman–Crippen MR) is 226 cm³/mol. The number of ether oxygens (including phenoxy) is 5. The van der Waals surface area contributed by atoms with Crippen LogP contribution in [0.2, 0.25) is 0 Å². The summed E-state index contributed by atoms with van der Waals surface area (Å²) in [6, 6.07) is 11.2. The van der Waals surface area contributed by atoms with Gasteiger partial charge in [-0.25, -0.2) is 4.79 Å². The van der Waals surface area contributed by atoms with Gasteiger partial charge in [0.15, 0.2) is 0 Å². The van der Waals surface area contributed by atoms with Crippen molar-refractivity contribution >= 4 is 11.8 Å². The SMILES string of the molecule is C=CCCOC(=O)N(CCC)[C@H]1CC(=NOC2CCCCO2)C2=C[C@H](CCCCO)[C@@H](CCCCO)[C@@H]3c4cc(OCc5cccc(C)n5)ccc4O[C@@]1(OCC=C)[C@H]23. The normalized spacial score (nSPS) is 26.4. The summed E-state index contributed by atoms with van der Waals surface area (Å²) in [6.07, 6.45) is 13.8. The first-order valence-electron chi connectivity index (χ1n) is 21.8. The van der Waals surface area contributed by atoms with Crippen molar-refractivity contribution in [3.05, 3.63) is 90.3 Å². The molecule has 12 nitrogen and oxygen atoms in total. The largest absolute Gasteiger partial charge is 0.487 e. The van der Waals surface area contributed by atoms with Gasteiger partial charge in [0.25, 0.3) is 0 Å². The summed E-state index contributed by atoms with van der Waals surface area (Å²) < 4.78 is 32.7. The number of allylic oxidation sites excluding steroid dienone is 1. The molecule has 0 bridgehead atoms. The van der Waals surface area contributed by atoms with E-state index in [0.29, 0.717) is 56.9 Å². The number of aryl methyl sites for hydroxylation is 1. The topological polar surface area (TPSA) is 141 Å². The number of fused-ring (bicyclic) bond motifs is 2. The second-order valence-electron chi connectivity index (χ2n) is 16.1. The van der Waals surface area contributed by atoms with Crippen LogP contribution in [0.25, 0.3) is 0 Å². The number of benzene rings is 1. The molecule has 1 amide bonds. The van der Waals surface area contributed by atoms with Crippen LogP contribution in [0.5, 0.6) is 11.5 Å². The van der Waals surface area contributed by atoms with Crippen molar-refractivity contribution in [3.63, 3.8) is 0 Å². The molecule has 1 saturated carbocycles. The summed E-state index contributed by atoms with van der Waals surface area (Å²) >= 11 is 0. The Morgan fingerprint density at radius 1 is 1.08 bits per heavy atom. The second kappa shape index (κ2) is 21.9. The van der Waals surface area contributed by atoms with E-state index in [1.165, 1.54) is 0 Å². The Kier molecular flexibility index (Phi) is 16.4. The molecule has 1 saturated heterocycles. The lowest BCUT2D eigenvalue weighted by Crippen LogP contribution is -2.70. The number of carbonyl (C=O) groups excluding carboxylic acids is 1. The Morgan fingerprint density at radius 3 is 2.64 bits per heavy atom. The quantitative estimate of drug-likeness (QED) is 0.0675. The first-order chi connectivity index (χ1) is 28.9. The number of nitrogens with zero attached hydrogens (tertiary/aromatic N) is 3. The number of hydrogen-bond acceptors (Lipinski definition) is 11. The molecule has 6 rings (SSSR count).